The fourth-order valence-corrected chi connectivity index (χ4v) is 2.97. The lowest BCUT2D eigenvalue weighted by molar-refractivity contribution is 0.174. The minimum absolute atomic E-state index is 0.00403. The second kappa shape index (κ2) is 6.24. The van der Waals surface area contributed by atoms with Crippen LogP contribution in [0.1, 0.15) is 51.4 Å². The van der Waals surface area contributed by atoms with Gasteiger partial charge in [-0.3, -0.25) is 0 Å². The summed E-state index contributed by atoms with van der Waals surface area (Å²) in [4.78, 5) is 11.7. The quantitative estimate of drug-likeness (QED) is 0.704. The maximum absolute atomic E-state index is 11.7. The van der Waals surface area contributed by atoms with Crippen molar-refractivity contribution in [2.75, 3.05) is 6.61 Å². The molecular weight excluding hydrogens is 216 g/mol. The molecule has 3 N–H and O–H groups in total. The Morgan fingerprint density at radius 3 is 2.00 bits per heavy atom. The van der Waals surface area contributed by atoms with E-state index in [9.17, 15) is 4.79 Å². The number of aliphatic hydroxyl groups is 1. The van der Waals surface area contributed by atoms with E-state index < -0.39 is 0 Å². The molecule has 0 aliphatic heterocycles. The van der Waals surface area contributed by atoms with Crippen LogP contribution in [0.4, 0.5) is 4.79 Å². The van der Waals surface area contributed by atoms with Crippen molar-refractivity contribution in [1.82, 2.24) is 10.6 Å². The smallest absolute Gasteiger partial charge is 0.315 e. The van der Waals surface area contributed by atoms with Gasteiger partial charge in [-0.15, -0.1) is 0 Å². The molecule has 0 saturated heterocycles. The molecule has 0 aromatic heterocycles. The zero-order valence-corrected chi connectivity index (χ0v) is 10.5. The van der Waals surface area contributed by atoms with Crippen molar-refractivity contribution in [2.24, 2.45) is 5.92 Å². The highest BCUT2D eigenvalue weighted by Crippen LogP contribution is 2.23. The van der Waals surface area contributed by atoms with Crippen LogP contribution >= 0.6 is 0 Å². The summed E-state index contributed by atoms with van der Waals surface area (Å²) in [6.45, 7) is 0.293. The molecule has 4 nitrogen and oxygen atoms in total. The average molecular weight is 240 g/mol. The maximum Gasteiger partial charge on any atom is 0.315 e. The highest BCUT2D eigenvalue weighted by molar-refractivity contribution is 5.74. The van der Waals surface area contributed by atoms with Crippen molar-refractivity contribution in [3.05, 3.63) is 0 Å². The number of hydrogen-bond donors (Lipinski definition) is 3. The topological polar surface area (TPSA) is 61.4 Å². The third kappa shape index (κ3) is 3.87. The van der Waals surface area contributed by atoms with Crippen LogP contribution in [-0.2, 0) is 0 Å². The lowest BCUT2D eigenvalue weighted by Gasteiger charge is -2.28. The van der Waals surface area contributed by atoms with E-state index in [1.807, 2.05) is 0 Å². The van der Waals surface area contributed by atoms with Crippen LogP contribution in [0.25, 0.3) is 0 Å². The second-order valence-electron chi connectivity index (χ2n) is 5.50. The molecule has 0 bridgehead atoms. The number of nitrogens with one attached hydrogen (secondary N) is 2. The second-order valence-corrected chi connectivity index (χ2v) is 5.50. The maximum atomic E-state index is 11.7. The number of amides is 2. The molecule has 0 heterocycles. The highest BCUT2D eigenvalue weighted by atomic mass is 16.3. The molecule has 0 radical (unpaired) electrons. The third-order valence-corrected chi connectivity index (χ3v) is 4.13. The van der Waals surface area contributed by atoms with Crippen LogP contribution in [-0.4, -0.2) is 29.8 Å². The fraction of sp³-hybridized carbons (Fsp3) is 0.923. The predicted molar refractivity (Wildman–Crippen MR) is 66.8 cm³/mol. The minimum atomic E-state index is 0.00403. The van der Waals surface area contributed by atoms with Crippen molar-refractivity contribution in [3.8, 4) is 0 Å². The molecule has 2 fully saturated rings. The first-order chi connectivity index (χ1) is 8.28. The molecule has 2 aliphatic rings. The van der Waals surface area contributed by atoms with Gasteiger partial charge in [0, 0.05) is 18.7 Å². The van der Waals surface area contributed by atoms with Crippen molar-refractivity contribution in [1.29, 1.82) is 0 Å². The first-order valence-electron chi connectivity index (χ1n) is 6.96. The van der Waals surface area contributed by atoms with E-state index in [1.54, 1.807) is 0 Å². The summed E-state index contributed by atoms with van der Waals surface area (Å²) in [6, 6.07) is 0.701. The molecule has 2 rings (SSSR count). The van der Waals surface area contributed by atoms with Gasteiger partial charge in [0.1, 0.15) is 0 Å². The molecule has 2 saturated carbocycles. The number of urea groups is 1. The van der Waals surface area contributed by atoms with E-state index in [0.717, 1.165) is 38.5 Å². The Bertz CT molecular complexity index is 244. The number of hydrogen-bond acceptors (Lipinski definition) is 2. The molecular formula is C13H24N2O2. The number of aliphatic hydroxyl groups excluding tert-OH is 1. The van der Waals surface area contributed by atoms with Crippen LogP contribution < -0.4 is 10.6 Å². The monoisotopic (exact) mass is 240 g/mol. The molecule has 17 heavy (non-hydrogen) atoms. The van der Waals surface area contributed by atoms with Crippen LogP contribution in [0.5, 0.6) is 0 Å². The van der Waals surface area contributed by atoms with Crippen molar-refractivity contribution in [3.63, 3.8) is 0 Å². The summed E-state index contributed by atoms with van der Waals surface area (Å²) in [7, 11) is 0. The fourth-order valence-electron chi connectivity index (χ4n) is 2.97. The minimum Gasteiger partial charge on any atom is -0.396 e. The Hall–Kier alpha value is -0.770. The Morgan fingerprint density at radius 2 is 1.47 bits per heavy atom. The molecule has 0 atom stereocenters. The van der Waals surface area contributed by atoms with E-state index in [1.165, 1.54) is 12.8 Å². The van der Waals surface area contributed by atoms with E-state index in [0.29, 0.717) is 24.6 Å². The lowest BCUT2D eigenvalue weighted by Crippen LogP contribution is -2.46. The molecule has 2 amide bonds. The van der Waals surface area contributed by atoms with Gasteiger partial charge in [0.2, 0.25) is 0 Å². The number of rotatable bonds is 3. The molecule has 0 aromatic carbocycles. The standard InChI is InChI=1S/C13H24N2O2/c16-9-10-5-7-12(8-6-10)15-13(17)14-11-3-1-2-4-11/h10-12,16H,1-9H2,(H2,14,15,17). The van der Waals surface area contributed by atoms with Crippen LogP contribution in [0.15, 0.2) is 0 Å². The van der Waals surface area contributed by atoms with E-state index in [2.05, 4.69) is 10.6 Å². The van der Waals surface area contributed by atoms with E-state index in [-0.39, 0.29) is 6.03 Å². The summed E-state index contributed by atoms with van der Waals surface area (Å²) in [5.41, 5.74) is 0. The summed E-state index contributed by atoms with van der Waals surface area (Å²) in [6.07, 6.45) is 8.82. The average Bonchev–Trinajstić information content (AvgIpc) is 2.82. The first kappa shape index (κ1) is 12.7. The molecule has 0 unspecified atom stereocenters. The zero-order valence-electron chi connectivity index (χ0n) is 10.5. The Labute approximate surface area is 103 Å². The summed E-state index contributed by atoms with van der Waals surface area (Å²) in [5.74, 6) is 0.450. The van der Waals surface area contributed by atoms with Gasteiger partial charge in [-0.25, -0.2) is 4.79 Å². The summed E-state index contributed by atoms with van der Waals surface area (Å²) in [5, 5.41) is 15.2. The predicted octanol–water partition coefficient (Wildman–Crippen LogP) is 1.78. The molecule has 0 spiro atoms. The molecule has 98 valence electrons. The Morgan fingerprint density at radius 1 is 0.941 bits per heavy atom. The molecule has 0 aromatic rings. The van der Waals surface area contributed by atoms with Crippen LogP contribution in [0, 0.1) is 5.92 Å². The normalized spacial score (nSPS) is 30.2. The summed E-state index contributed by atoms with van der Waals surface area (Å²) >= 11 is 0. The van der Waals surface area contributed by atoms with Crippen molar-refractivity contribution in [2.45, 2.75) is 63.5 Å². The van der Waals surface area contributed by atoms with Gasteiger partial charge in [0.15, 0.2) is 0 Å². The van der Waals surface area contributed by atoms with Crippen LogP contribution in [0.3, 0.4) is 0 Å². The Balaban J connectivity index is 1.65. The third-order valence-electron chi connectivity index (χ3n) is 4.13. The van der Waals surface area contributed by atoms with E-state index >= 15 is 0 Å². The summed E-state index contributed by atoms with van der Waals surface area (Å²) < 4.78 is 0. The van der Waals surface area contributed by atoms with Gasteiger partial charge < -0.3 is 15.7 Å². The van der Waals surface area contributed by atoms with E-state index in [4.69, 9.17) is 5.11 Å². The van der Waals surface area contributed by atoms with Gasteiger partial charge in [-0.05, 0) is 44.4 Å². The van der Waals surface area contributed by atoms with Gasteiger partial charge in [-0.1, -0.05) is 12.8 Å². The molecule has 2 aliphatic carbocycles. The lowest BCUT2D eigenvalue weighted by atomic mass is 9.87. The van der Waals surface area contributed by atoms with Gasteiger partial charge in [-0.2, -0.15) is 0 Å². The highest BCUT2D eigenvalue weighted by Gasteiger charge is 2.23. The van der Waals surface area contributed by atoms with Crippen LogP contribution in [0.2, 0.25) is 0 Å². The van der Waals surface area contributed by atoms with Gasteiger partial charge in [0.25, 0.3) is 0 Å². The zero-order chi connectivity index (χ0) is 12.1. The van der Waals surface area contributed by atoms with Gasteiger partial charge in [0.05, 0.1) is 0 Å². The number of carbonyl (C=O) groups is 1. The Kier molecular flexibility index (Phi) is 4.66. The van der Waals surface area contributed by atoms with Crippen molar-refractivity contribution >= 4 is 6.03 Å². The number of carbonyl (C=O) groups excluding carboxylic acids is 1. The largest absolute Gasteiger partial charge is 0.396 e. The first-order valence-corrected chi connectivity index (χ1v) is 6.96. The van der Waals surface area contributed by atoms with Gasteiger partial charge >= 0.3 is 6.03 Å². The van der Waals surface area contributed by atoms with Crippen molar-refractivity contribution < 1.29 is 9.90 Å². The SMILES string of the molecule is O=C(NC1CCCC1)NC1CCC(CO)CC1. The molecule has 4 heteroatoms.